The van der Waals surface area contributed by atoms with E-state index in [1.54, 1.807) is 6.20 Å². The van der Waals surface area contributed by atoms with Crippen LogP contribution in [0.1, 0.15) is 38.2 Å². The van der Waals surface area contributed by atoms with Crippen molar-refractivity contribution >= 4 is 17.6 Å². The zero-order valence-corrected chi connectivity index (χ0v) is 18.4. The molecule has 166 valence electrons. The molecule has 1 spiro atoms. The molecule has 3 heterocycles. The molecule has 0 saturated heterocycles. The number of aromatic nitrogens is 1. The number of carbonyl (C=O) groups excluding carboxylic acids is 2. The van der Waals surface area contributed by atoms with Crippen LogP contribution in [0.5, 0.6) is 0 Å². The van der Waals surface area contributed by atoms with E-state index in [1.165, 1.54) is 11.1 Å². The lowest BCUT2D eigenvalue weighted by atomic mass is 9.79. The Labute approximate surface area is 193 Å². The van der Waals surface area contributed by atoms with E-state index in [0.717, 1.165) is 42.7 Å². The summed E-state index contributed by atoms with van der Waals surface area (Å²) in [5.41, 5.74) is 6.02. The first kappa shape index (κ1) is 20.1. The quantitative estimate of drug-likeness (QED) is 0.657. The molecule has 1 atom stereocenters. The van der Waals surface area contributed by atoms with Crippen molar-refractivity contribution in [1.29, 1.82) is 0 Å². The highest BCUT2D eigenvalue weighted by atomic mass is 16.2. The summed E-state index contributed by atoms with van der Waals surface area (Å²) >= 11 is 0. The maximum Gasteiger partial charge on any atom is 0.251 e. The van der Waals surface area contributed by atoms with Gasteiger partial charge in [-0.3, -0.25) is 14.5 Å². The van der Waals surface area contributed by atoms with Crippen molar-refractivity contribution in [3.63, 3.8) is 0 Å². The Bertz CT molecular complexity index is 1270. The number of anilines is 1. The molecule has 6 nitrogen and oxygen atoms in total. The molecule has 0 saturated carbocycles. The molecule has 1 aliphatic carbocycles. The van der Waals surface area contributed by atoms with E-state index >= 15 is 0 Å². The third-order valence-corrected chi connectivity index (χ3v) is 7.37. The Kier molecular flexibility index (Phi) is 4.76. The average molecular weight is 439 g/mol. The summed E-state index contributed by atoms with van der Waals surface area (Å²) in [5, 5.41) is 6.01. The van der Waals surface area contributed by atoms with Gasteiger partial charge in [0.2, 0.25) is 5.91 Å². The van der Waals surface area contributed by atoms with E-state index in [-0.39, 0.29) is 11.8 Å². The minimum absolute atomic E-state index is 0.00140. The van der Waals surface area contributed by atoms with Gasteiger partial charge in [0, 0.05) is 43.5 Å². The molecular weight excluding hydrogens is 412 g/mol. The van der Waals surface area contributed by atoms with Gasteiger partial charge in [-0.25, -0.2) is 4.98 Å². The molecule has 1 aromatic heterocycles. The molecule has 1 unspecified atom stereocenters. The van der Waals surface area contributed by atoms with Gasteiger partial charge in [0.25, 0.3) is 5.91 Å². The number of pyridine rings is 1. The summed E-state index contributed by atoms with van der Waals surface area (Å²) in [6.07, 6.45) is 4.00. The second kappa shape index (κ2) is 7.81. The Morgan fingerprint density at radius 2 is 1.88 bits per heavy atom. The highest BCUT2D eigenvalue weighted by Gasteiger charge is 2.51. The zero-order valence-electron chi connectivity index (χ0n) is 18.4. The summed E-state index contributed by atoms with van der Waals surface area (Å²) in [6, 6.07) is 18.3. The van der Waals surface area contributed by atoms with Crippen LogP contribution < -0.4 is 10.6 Å². The van der Waals surface area contributed by atoms with Crippen LogP contribution in [0.3, 0.4) is 0 Å². The lowest BCUT2D eigenvalue weighted by Gasteiger charge is -2.28. The standard InChI is InChI=1S/C27H26N4O2/c32-25(29-11-13-31-12-9-18-4-1-2-5-21(18)17-31)19-7-8-20-15-27(16-22(20)14-19)23-6-3-10-28-24(23)30-26(27)33/h1-8,10,14H,9,11-13,15-17H2,(H,29,32)(H,28,30,33). The molecule has 6 rings (SSSR count). The summed E-state index contributed by atoms with van der Waals surface area (Å²) in [7, 11) is 0. The fourth-order valence-corrected chi connectivity index (χ4v) is 5.58. The molecule has 3 aromatic rings. The Balaban J connectivity index is 1.11. The van der Waals surface area contributed by atoms with E-state index in [9.17, 15) is 9.59 Å². The smallest absolute Gasteiger partial charge is 0.251 e. The maximum atomic E-state index is 12.9. The first-order valence-electron chi connectivity index (χ1n) is 11.6. The van der Waals surface area contributed by atoms with Crippen molar-refractivity contribution < 1.29 is 9.59 Å². The number of hydrogen-bond donors (Lipinski definition) is 2. The molecule has 2 N–H and O–H groups in total. The number of benzene rings is 2. The van der Waals surface area contributed by atoms with E-state index in [2.05, 4.69) is 44.8 Å². The van der Waals surface area contributed by atoms with Crippen molar-refractivity contribution in [2.75, 3.05) is 25.0 Å². The van der Waals surface area contributed by atoms with E-state index in [0.29, 0.717) is 30.8 Å². The highest BCUT2D eigenvalue weighted by molar-refractivity contribution is 6.06. The van der Waals surface area contributed by atoms with Crippen LogP contribution in [0.4, 0.5) is 5.82 Å². The Morgan fingerprint density at radius 3 is 2.79 bits per heavy atom. The van der Waals surface area contributed by atoms with Gasteiger partial charge in [-0.2, -0.15) is 0 Å². The first-order valence-corrected chi connectivity index (χ1v) is 11.6. The number of carbonyl (C=O) groups is 2. The van der Waals surface area contributed by atoms with Crippen LogP contribution in [0.2, 0.25) is 0 Å². The molecule has 2 aliphatic heterocycles. The van der Waals surface area contributed by atoms with E-state index < -0.39 is 5.41 Å². The number of fused-ring (bicyclic) bond motifs is 4. The number of rotatable bonds is 4. The minimum Gasteiger partial charge on any atom is -0.351 e. The third kappa shape index (κ3) is 3.42. The summed E-state index contributed by atoms with van der Waals surface area (Å²) < 4.78 is 0. The predicted molar refractivity (Wildman–Crippen MR) is 126 cm³/mol. The molecule has 0 fully saturated rings. The first-order chi connectivity index (χ1) is 16.1. The van der Waals surface area contributed by atoms with Crippen molar-refractivity contribution in [1.82, 2.24) is 15.2 Å². The van der Waals surface area contributed by atoms with E-state index in [4.69, 9.17) is 0 Å². The van der Waals surface area contributed by atoms with Crippen LogP contribution in [0, 0.1) is 0 Å². The highest BCUT2D eigenvalue weighted by Crippen LogP contribution is 2.46. The fourth-order valence-electron chi connectivity index (χ4n) is 5.58. The number of amides is 2. The fraction of sp³-hybridized carbons (Fsp3) is 0.296. The summed E-state index contributed by atoms with van der Waals surface area (Å²) in [4.78, 5) is 32.4. The molecule has 2 amide bonds. The molecule has 0 bridgehead atoms. The van der Waals surface area contributed by atoms with Gasteiger partial charge in [0.15, 0.2) is 0 Å². The van der Waals surface area contributed by atoms with E-state index in [1.807, 2.05) is 30.3 Å². The average Bonchev–Trinajstić information content (AvgIpc) is 3.36. The van der Waals surface area contributed by atoms with Gasteiger partial charge in [-0.05, 0) is 59.7 Å². The normalized spacial score (nSPS) is 20.8. The summed E-state index contributed by atoms with van der Waals surface area (Å²) in [6.45, 7) is 3.40. The van der Waals surface area contributed by atoms with Crippen LogP contribution in [-0.4, -0.2) is 41.3 Å². The minimum atomic E-state index is -0.606. The Hall–Kier alpha value is -3.51. The van der Waals surface area contributed by atoms with Crippen molar-refractivity contribution in [3.05, 3.63) is 94.2 Å². The lowest BCUT2D eigenvalue weighted by Crippen LogP contribution is -2.37. The SMILES string of the molecule is O=C(NCCN1CCc2ccccc2C1)c1ccc2c(c1)CC1(C2)C(=O)Nc2ncccc21. The van der Waals surface area contributed by atoms with Gasteiger partial charge in [-0.15, -0.1) is 0 Å². The molecule has 6 heteroatoms. The topological polar surface area (TPSA) is 74.3 Å². The number of nitrogens with zero attached hydrogens (tertiary/aromatic N) is 2. The van der Waals surface area contributed by atoms with Crippen molar-refractivity contribution in [2.45, 2.75) is 31.2 Å². The van der Waals surface area contributed by atoms with Gasteiger partial charge in [0.05, 0.1) is 5.41 Å². The predicted octanol–water partition coefficient (Wildman–Crippen LogP) is 2.86. The van der Waals surface area contributed by atoms with Gasteiger partial charge < -0.3 is 10.6 Å². The third-order valence-electron chi connectivity index (χ3n) is 7.37. The van der Waals surface area contributed by atoms with Crippen LogP contribution in [-0.2, 0) is 36.0 Å². The van der Waals surface area contributed by atoms with Crippen molar-refractivity contribution in [2.24, 2.45) is 0 Å². The number of hydrogen-bond acceptors (Lipinski definition) is 4. The molecule has 33 heavy (non-hydrogen) atoms. The molecule has 0 radical (unpaired) electrons. The second-order valence-electron chi connectivity index (χ2n) is 9.32. The summed E-state index contributed by atoms with van der Waals surface area (Å²) in [5.74, 6) is 0.601. The van der Waals surface area contributed by atoms with Gasteiger partial charge in [-0.1, -0.05) is 36.4 Å². The number of nitrogens with one attached hydrogen (secondary N) is 2. The van der Waals surface area contributed by atoms with Crippen LogP contribution in [0.15, 0.2) is 60.8 Å². The molecule has 2 aromatic carbocycles. The second-order valence-corrected chi connectivity index (χ2v) is 9.32. The van der Waals surface area contributed by atoms with Crippen LogP contribution in [0.25, 0.3) is 0 Å². The monoisotopic (exact) mass is 438 g/mol. The Morgan fingerprint density at radius 1 is 1.03 bits per heavy atom. The maximum absolute atomic E-state index is 12.9. The van der Waals surface area contributed by atoms with Crippen molar-refractivity contribution in [3.8, 4) is 0 Å². The van der Waals surface area contributed by atoms with Gasteiger partial charge in [0.1, 0.15) is 5.82 Å². The molecular formula is C27H26N4O2. The van der Waals surface area contributed by atoms with Gasteiger partial charge >= 0.3 is 0 Å². The largest absolute Gasteiger partial charge is 0.351 e. The lowest BCUT2D eigenvalue weighted by molar-refractivity contribution is -0.120. The zero-order chi connectivity index (χ0) is 22.4. The molecule has 3 aliphatic rings. The van der Waals surface area contributed by atoms with Crippen LogP contribution >= 0.6 is 0 Å².